The molecule has 2 nitrogen and oxygen atoms in total. The Kier molecular flexibility index (Phi) is 15.6. The van der Waals surface area contributed by atoms with Gasteiger partial charge in [0.05, 0.1) is 0 Å². The molecule has 11 heteroatoms. The van der Waals surface area contributed by atoms with Gasteiger partial charge in [0.15, 0.2) is 23.2 Å². The predicted octanol–water partition coefficient (Wildman–Crippen LogP) is 15.3. The fourth-order valence-electron chi connectivity index (χ4n) is 9.75. The van der Waals surface area contributed by atoms with Gasteiger partial charge in [-0.3, -0.25) is 0 Å². The van der Waals surface area contributed by atoms with Crippen molar-refractivity contribution in [2.24, 2.45) is 35.5 Å². The molecule has 4 aliphatic rings. The molecular weight excluding hydrogens is 731 g/mol. The topological polar surface area (TPSA) is 18.5 Å². The van der Waals surface area contributed by atoms with Gasteiger partial charge in [-0.25, -0.2) is 13.2 Å². The fraction of sp³-hybridized carbons (Fsp3) is 0.727. The van der Waals surface area contributed by atoms with Crippen LogP contribution in [0, 0.1) is 53.0 Å². The maximum absolute atomic E-state index is 14.0. The van der Waals surface area contributed by atoms with E-state index in [1.165, 1.54) is 83.1 Å². The SMILES string of the molecule is CC1CCC(CCC2CCC(c3cc(F)c(OC(F)(F)F)c(F)c3)CC2)CC1.CC1CCC(CCC2CCC(c3ccc(OC(F)(F)F)c(F)c3)CC2)CC1. The molecule has 55 heavy (non-hydrogen) atoms. The molecule has 0 N–H and O–H groups in total. The number of benzene rings is 2. The van der Waals surface area contributed by atoms with Crippen molar-refractivity contribution >= 4 is 0 Å². The first-order valence-electron chi connectivity index (χ1n) is 20.8. The molecule has 0 aromatic heterocycles. The van der Waals surface area contributed by atoms with Crippen LogP contribution in [0.2, 0.25) is 0 Å². The lowest BCUT2D eigenvalue weighted by Gasteiger charge is -2.31. The molecule has 4 saturated carbocycles. The van der Waals surface area contributed by atoms with Gasteiger partial charge in [0, 0.05) is 0 Å². The molecule has 0 atom stereocenters. The molecule has 0 spiro atoms. The van der Waals surface area contributed by atoms with Crippen LogP contribution in [0.15, 0.2) is 30.3 Å². The normalized spacial score (nSPS) is 29.2. The van der Waals surface area contributed by atoms with E-state index in [1.807, 2.05) is 0 Å². The second-order valence-corrected chi connectivity index (χ2v) is 17.4. The zero-order valence-electron chi connectivity index (χ0n) is 32.4. The monoisotopic (exact) mass is 790 g/mol. The van der Waals surface area contributed by atoms with Gasteiger partial charge in [-0.15, -0.1) is 26.3 Å². The van der Waals surface area contributed by atoms with Crippen molar-refractivity contribution in [3.05, 3.63) is 58.9 Å². The minimum atomic E-state index is -5.11. The second-order valence-electron chi connectivity index (χ2n) is 17.4. The van der Waals surface area contributed by atoms with E-state index in [1.54, 1.807) is 6.07 Å². The molecule has 2 aromatic carbocycles. The molecule has 4 fully saturated rings. The Labute approximate surface area is 321 Å². The lowest BCUT2D eigenvalue weighted by molar-refractivity contribution is -0.277. The quantitative estimate of drug-likeness (QED) is 0.223. The zero-order chi connectivity index (χ0) is 39.8. The fourth-order valence-corrected chi connectivity index (χ4v) is 9.75. The Morgan fingerprint density at radius 1 is 0.455 bits per heavy atom. The van der Waals surface area contributed by atoms with Gasteiger partial charge in [-0.05, 0) is 134 Å². The number of hydrogen-bond donors (Lipinski definition) is 0. The van der Waals surface area contributed by atoms with E-state index in [4.69, 9.17) is 0 Å². The minimum absolute atomic E-state index is 0.00397. The van der Waals surface area contributed by atoms with E-state index in [9.17, 15) is 39.5 Å². The Bertz CT molecular complexity index is 1440. The van der Waals surface area contributed by atoms with E-state index in [0.29, 0.717) is 11.5 Å². The van der Waals surface area contributed by atoms with E-state index in [2.05, 4.69) is 23.3 Å². The summed E-state index contributed by atoms with van der Waals surface area (Å²) < 4.78 is 123. The van der Waals surface area contributed by atoms with Gasteiger partial charge in [-0.2, -0.15) is 0 Å². The summed E-state index contributed by atoms with van der Waals surface area (Å²) in [4.78, 5) is 0. The average molecular weight is 791 g/mol. The van der Waals surface area contributed by atoms with Crippen molar-refractivity contribution in [1.29, 1.82) is 0 Å². The van der Waals surface area contributed by atoms with Crippen LogP contribution in [-0.4, -0.2) is 12.7 Å². The molecule has 4 aliphatic carbocycles. The summed E-state index contributed by atoms with van der Waals surface area (Å²) >= 11 is 0. The Balaban J connectivity index is 0.000000211. The van der Waals surface area contributed by atoms with Crippen LogP contribution in [0.5, 0.6) is 11.5 Å². The largest absolute Gasteiger partial charge is 0.573 e. The summed E-state index contributed by atoms with van der Waals surface area (Å²) in [7, 11) is 0. The molecule has 0 unspecified atom stereocenters. The van der Waals surface area contributed by atoms with Crippen molar-refractivity contribution < 1.29 is 49.0 Å². The molecule has 0 aliphatic heterocycles. The molecule has 0 bridgehead atoms. The van der Waals surface area contributed by atoms with E-state index in [-0.39, 0.29) is 11.8 Å². The van der Waals surface area contributed by atoms with Crippen molar-refractivity contribution in [2.75, 3.05) is 0 Å². The molecule has 6 rings (SSSR count). The highest BCUT2D eigenvalue weighted by atomic mass is 19.4. The first kappa shape index (κ1) is 43.5. The number of hydrogen-bond acceptors (Lipinski definition) is 2. The molecule has 0 amide bonds. The van der Waals surface area contributed by atoms with Crippen molar-refractivity contribution in [2.45, 2.75) is 167 Å². The van der Waals surface area contributed by atoms with E-state index < -0.39 is 41.7 Å². The van der Waals surface area contributed by atoms with Gasteiger partial charge in [-0.1, -0.05) is 97.0 Å². The zero-order valence-corrected chi connectivity index (χ0v) is 32.4. The molecule has 0 radical (unpaired) electrons. The van der Waals surface area contributed by atoms with Crippen LogP contribution in [0.25, 0.3) is 0 Å². The average Bonchev–Trinajstić information content (AvgIpc) is 3.13. The van der Waals surface area contributed by atoms with Crippen LogP contribution in [-0.2, 0) is 0 Å². The van der Waals surface area contributed by atoms with Gasteiger partial charge in [0.25, 0.3) is 0 Å². The van der Waals surface area contributed by atoms with E-state index >= 15 is 0 Å². The smallest absolute Gasteiger partial charge is 0.403 e. The van der Waals surface area contributed by atoms with Gasteiger partial charge in [0.1, 0.15) is 0 Å². The number of rotatable bonds is 10. The standard InChI is InChI=1S/C22H29F5O.C22H30F4O/c1-14-2-4-15(5-3-14)6-7-16-8-10-17(11-9-16)18-12-19(23)21(20(24)13-18)28-22(25,26)27;1-15-2-4-16(5-3-15)6-7-17-8-10-18(11-9-17)19-12-13-21(20(23)14-19)27-22(24,25)26/h12-17H,2-11H2,1H3;12-18H,2-11H2,1H3. The second kappa shape index (κ2) is 19.7. The number of ether oxygens (including phenoxy) is 2. The van der Waals surface area contributed by atoms with Crippen LogP contribution in [0.4, 0.5) is 39.5 Å². The third-order valence-corrected chi connectivity index (χ3v) is 13.3. The highest BCUT2D eigenvalue weighted by molar-refractivity contribution is 5.34. The summed E-state index contributed by atoms with van der Waals surface area (Å²) in [5, 5.41) is 0. The summed E-state index contributed by atoms with van der Waals surface area (Å²) in [6.07, 6.45) is 13.9. The van der Waals surface area contributed by atoms with Crippen molar-refractivity contribution in [1.82, 2.24) is 0 Å². The van der Waals surface area contributed by atoms with Crippen molar-refractivity contribution in [3.8, 4) is 11.5 Å². The molecule has 2 aromatic rings. The third kappa shape index (κ3) is 14.1. The molecular formula is C44H59F9O2. The number of halogens is 9. The van der Waals surface area contributed by atoms with Crippen LogP contribution in [0.3, 0.4) is 0 Å². The first-order chi connectivity index (χ1) is 26.0. The Morgan fingerprint density at radius 3 is 1.16 bits per heavy atom. The lowest BCUT2D eigenvalue weighted by atomic mass is 9.74. The third-order valence-electron chi connectivity index (χ3n) is 13.3. The predicted molar refractivity (Wildman–Crippen MR) is 196 cm³/mol. The maximum atomic E-state index is 14.0. The Morgan fingerprint density at radius 2 is 0.800 bits per heavy atom. The molecule has 0 heterocycles. The van der Waals surface area contributed by atoms with E-state index in [0.717, 1.165) is 105 Å². The van der Waals surface area contributed by atoms with Crippen LogP contribution < -0.4 is 9.47 Å². The van der Waals surface area contributed by atoms with Crippen LogP contribution in [0.1, 0.15) is 165 Å². The minimum Gasteiger partial charge on any atom is -0.403 e. The van der Waals surface area contributed by atoms with Gasteiger partial charge >= 0.3 is 12.7 Å². The lowest BCUT2D eigenvalue weighted by Crippen LogP contribution is -2.19. The summed E-state index contributed by atoms with van der Waals surface area (Å²) in [5.74, 6) is -0.495. The maximum Gasteiger partial charge on any atom is 0.573 e. The summed E-state index contributed by atoms with van der Waals surface area (Å²) in [6.45, 7) is 4.67. The number of alkyl halides is 6. The summed E-state index contributed by atoms with van der Waals surface area (Å²) in [5.41, 5.74) is 1.23. The van der Waals surface area contributed by atoms with Gasteiger partial charge in [0.2, 0.25) is 5.75 Å². The highest BCUT2D eigenvalue weighted by Crippen LogP contribution is 2.43. The molecule has 0 saturated heterocycles. The first-order valence-corrected chi connectivity index (χ1v) is 20.8. The highest BCUT2D eigenvalue weighted by Gasteiger charge is 2.35. The Hall–Kier alpha value is -2.59. The van der Waals surface area contributed by atoms with Crippen LogP contribution >= 0.6 is 0 Å². The van der Waals surface area contributed by atoms with Gasteiger partial charge < -0.3 is 9.47 Å². The van der Waals surface area contributed by atoms with Crippen molar-refractivity contribution in [3.63, 3.8) is 0 Å². The molecule has 310 valence electrons. The summed E-state index contributed by atoms with van der Waals surface area (Å²) in [6, 6.07) is 5.90.